The molecule has 8 heteroatoms. The molecule has 0 saturated carbocycles. The van der Waals surface area contributed by atoms with Crippen LogP contribution in [0.15, 0.2) is 30.3 Å². The topological polar surface area (TPSA) is 92.8 Å². The number of likely N-dealkylation sites (tertiary alicyclic amines) is 1. The van der Waals surface area contributed by atoms with Gasteiger partial charge in [0.05, 0.1) is 11.9 Å². The van der Waals surface area contributed by atoms with Crippen molar-refractivity contribution in [3.63, 3.8) is 0 Å². The Hall–Kier alpha value is -2.35. The summed E-state index contributed by atoms with van der Waals surface area (Å²) < 4.78 is 5.03. The van der Waals surface area contributed by atoms with Crippen LogP contribution >= 0.6 is 11.8 Å². The van der Waals surface area contributed by atoms with E-state index in [1.807, 2.05) is 44.2 Å². The molecule has 2 atom stereocenters. The van der Waals surface area contributed by atoms with Crippen molar-refractivity contribution in [2.45, 2.75) is 70.2 Å². The van der Waals surface area contributed by atoms with Crippen molar-refractivity contribution >= 4 is 34.7 Å². The van der Waals surface area contributed by atoms with Gasteiger partial charge in [0.15, 0.2) is 5.12 Å². The maximum Gasteiger partial charge on any atom is 0.325 e. The zero-order valence-electron chi connectivity index (χ0n) is 18.7. The lowest BCUT2D eigenvalue weighted by Gasteiger charge is -2.37. The summed E-state index contributed by atoms with van der Waals surface area (Å²) >= 11 is 0.965. The first-order valence-corrected chi connectivity index (χ1v) is 11.5. The number of amides is 2. The van der Waals surface area contributed by atoms with Gasteiger partial charge in [0.2, 0.25) is 11.8 Å². The fraction of sp³-hybridized carbons (Fsp3) is 0.565. The fourth-order valence-electron chi connectivity index (χ4n) is 3.73. The maximum absolute atomic E-state index is 13.3. The Labute approximate surface area is 188 Å². The van der Waals surface area contributed by atoms with Crippen LogP contribution in [0.1, 0.15) is 52.5 Å². The van der Waals surface area contributed by atoms with E-state index in [0.29, 0.717) is 19.3 Å². The monoisotopic (exact) mass is 448 g/mol. The molecular weight excluding hydrogens is 416 g/mol. The van der Waals surface area contributed by atoms with Crippen molar-refractivity contribution in [3.05, 3.63) is 35.9 Å². The molecule has 2 amide bonds. The molecule has 1 heterocycles. The largest absolute Gasteiger partial charge is 0.465 e. The maximum atomic E-state index is 13.3. The molecule has 0 spiro atoms. The third kappa shape index (κ3) is 7.38. The quantitative estimate of drug-likeness (QED) is 0.615. The van der Waals surface area contributed by atoms with Crippen LogP contribution in [-0.2, 0) is 30.3 Å². The number of rotatable bonds is 8. The molecular formula is C23H32N2O5S. The Morgan fingerprint density at radius 3 is 2.55 bits per heavy atom. The summed E-state index contributed by atoms with van der Waals surface area (Å²) in [4.78, 5) is 51.6. The number of nitrogens with one attached hydrogen (secondary N) is 1. The summed E-state index contributed by atoms with van der Waals surface area (Å²) in [5.74, 6) is -1.11. The van der Waals surface area contributed by atoms with Crippen LogP contribution in [0.5, 0.6) is 0 Å². The predicted molar refractivity (Wildman–Crippen MR) is 120 cm³/mol. The third-order valence-electron chi connectivity index (χ3n) is 5.35. The minimum absolute atomic E-state index is 0.151. The van der Waals surface area contributed by atoms with Crippen LogP contribution in [0, 0.1) is 0 Å². The summed E-state index contributed by atoms with van der Waals surface area (Å²) in [5.41, 5.74) is 0.412. The van der Waals surface area contributed by atoms with E-state index in [-0.39, 0.29) is 30.1 Å². The van der Waals surface area contributed by atoms with Gasteiger partial charge in [0.25, 0.3) is 0 Å². The summed E-state index contributed by atoms with van der Waals surface area (Å²) in [7, 11) is 0. The van der Waals surface area contributed by atoms with Crippen molar-refractivity contribution in [1.29, 1.82) is 0 Å². The minimum atomic E-state index is -0.741. The van der Waals surface area contributed by atoms with Gasteiger partial charge in [0, 0.05) is 12.5 Å². The number of hydrogen-bond acceptors (Lipinski definition) is 6. The number of thioether (sulfide) groups is 1. The second-order valence-electron chi connectivity index (χ2n) is 8.28. The van der Waals surface area contributed by atoms with E-state index in [0.717, 1.165) is 23.7 Å². The van der Waals surface area contributed by atoms with E-state index >= 15 is 0 Å². The highest BCUT2D eigenvalue weighted by Gasteiger charge is 2.40. The van der Waals surface area contributed by atoms with E-state index in [4.69, 9.17) is 4.74 Å². The lowest BCUT2D eigenvalue weighted by atomic mass is 9.97. The number of nitrogens with zero attached hydrogens (tertiary/aromatic N) is 1. The predicted octanol–water partition coefficient (Wildman–Crippen LogP) is 2.72. The SMILES string of the molecule is CCOC(=O)CN1C(=O)C(NC(=O)C(Cc2ccccc2)SC(C)=O)CCCC1(C)C. The molecule has 1 saturated heterocycles. The molecule has 170 valence electrons. The smallest absolute Gasteiger partial charge is 0.325 e. The lowest BCUT2D eigenvalue weighted by molar-refractivity contribution is -0.153. The molecule has 1 aliphatic heterocycles. The number of carbonyl (C=O) groups excluding carboxylic acids is 4. The Morgan fingerprint density at radius 1 is 1.26 bits per heavy atom. The molecule has 1 N–H and O–H groups in total. The van der Waals surface area contributed by atoms with Gasteiger partial charge in [-0.1, -0.05) is 42.1 Å². The second-order valence-corrected chi connectivity index (χ2v) is 9.66. The Kier molecular flexibility index (Phi) is 9.10. The first-order valence-electron chi connectivity index (χ1n) is 10.6. The highest BCUT2D eigenvalue weighted by atomic mass is 32.2. The fourth-order valence-corrected chi connectivity index (χ4v) is 4.58. The van der Waals surface area contributed by atoms with Crippen molar-refractivity contribution in [2.24, 2.45) is 0 Å². The summed E-state index contributed by atoms with van der Waals surface area (Å²) in [5, 5.41) is 2.06. The third-order valence-corrected chi connectivity index (χ3v) is 6.35. The number of hydrogen-bond donors (Lipinski definition) is 1. The lowest BCUT2D eigenvalue weighted by Crippen LogP contribution is -2.56. The summed E-state index contributed by atoms with van der Waals surface area (Å²) in [6.45, 7) is 7.06. The number of benzene rings is 1. The average Bonchev–Trinajstić information content (AvgIpc) is 2.79. The minimum Gasteiger partial charge on any atom is -0.465 e. The summed E-state index contributed by atoms with van der Waals surface area (Å²) in [6.07, 6.45) is 2.30. The van der Waals surface area contributed by atoms with Gasteiger partial charge in [-0.15, -0.1) is 0 Å². The number of carbonyl (C=O) groups is 4. The molecule has 1 fully saturated rings. The highest BCUT2D eigenvalue weighted by molar-refractivity contribution is 8.14. The first-order chi connectivity index (χ1) is 14.6. The molecule has 2 rings (SSSR count). The first kappa shape index (κ1) is 24.9. The van der Waals surface area contributed by atoms with Crippen molar-refractivity contribution in [2.75, 3.05) is 13.2 Å². The second kappa shape index (κ2) is 11.3. The zero-order chi connectivity index (χ0) is 23.0. The van der Waals surface area contributed by atoms with E-state index in [1.165, 1.54) is 11.8 Å². The van der Waals surface area contributed by atoms with Crippen LogP contribution in [-0.4, -0.2) is 57.8 Å². The molecule has 1 aromatic carbocycles. The van der Waals surface area contributed by atoms with Crippen LogP contribution in [0.25, 0.3) is 0 Å². The van der Waals surface area contributed by atoms with Crippen LogP contribution in [0.3, 0.4) is 0 Å². The zero-order valence-corrected chi connectivity index (χ0v) is 19.5. The van der Waals surface area contributed by atoms with E-state index in [2.05, 4.69) is 5.32 Å². The molecule has 0 bridgehead atoms. The van der Waals surface area contributed by atoms with Gasteiger partial charge in [-0.05, 0) is 52.0 Å². The normalized spacial score (nSPS) is 19.3. The van der Waals surface area contributed by atoms with Crippen molar-refractivity contribution in [1.82, 2.24) is 10.2 Å². The van der Waals surface area contributed by atoms with E-state index in [9.17, 15) is 19.2 Å². The van der Waals surface area contributed by atoms with Crippen molar-refractivity contribution < 1.29 is 23.9 Å². The number of esters is 1. The standard InChI is InChI=1S/C23H32N2O5S/c1-5-30-20(27)15-25-22(29)18(12-9-13-23(25,3)4)24-21(28)19(31-16(2)26)14-17-10-7-6-8-11-17/h6-8,10-11,18-19H,5,9,12-15H2,1-4H3,(H,24,28). The van der Waals surface area contributed by atoms with E-state index in [1.54, 1.807) is 6.92 Å². The molecule has 0 radical (unpaired) electrons. The molecule has 7 nitrogen and oxygen atoms in total. The molecule has 2 unspecified atom stereocenters. The molecule has 0 aliphatic carbocycles. The van der Waals surface area contributed by atoms with Gasteiger partial charge in [-0.25, -0.2) is 0 Å². The summed E-state index contributed by atoms with van der Waals surface area (Å²) in [6, 6.07) is 8.72. The van der Waals surface area contributed by atoms with Crippen molar-refractivity contribution in [3.8, 4) is 0 Å². The van der Waals surface area contributed by atoms with Gasteiger partial charge in [0.1, 0.15) is 12.6 Å². The molecule has 1 aromatic rings. The average molecular weight is 449 g/mol. The number of ether oxygens (including phenoxy) is 1. The molecule has 0 aromatic heterocycles. The molecule has 31 heavy (non-hydrogen) atoms. The van der Waals surface area contributed by atoms with Gasteiger partial charge in [-0.3, -0.25) is 19.2 Å². The van der Waals surface area contributed by atoms with Crippen LogP contribution < -0.4 is 5.32 Å². The van der Waals surface area contributed by atoms with Gasteiger partial charge >= 0.3 is 5.97 Å². The Balaban J connectivity index is 2.16. The van der Waals surface area contributed by atoms with Gasteiger partial charge in [-0.2, -0.15) is 0 Å². The highest BCUT2D eigenvalue weighted by Crippen LogP contribution is 2.28. The molecule has 1 aliphatic rings. The van der Waals surface area contributed by atoms with Crippen LogP contribution in [0.2, 0.25) is 0 Å². The van der Waals surface area contributed by atoms with E-state index < -0.39 is 22.8 Å². The van der Waals surface area contributed by atoms with Gasteiger partial charge < -0.3 is 15.0 Å². The van der Waals surface area contributed by atoms with Crippen LogP contribution in [0.4, 0.5) is 0 Å². The Morgan fingerprint density at radius 2 is 1.94 bits per heavy atom. The Bertz CT molecular complexity index is 796.